The predicted octanol–water partition coefficient (Wildman–Crippen LogP) is 4.65. The fourth-order valence-corrected chi connectivity index (χ4v) is 3.52. The molecule has 3 aromatic rings. The molecule has 2 aromatic carbocycles. The summed E-state index contributed by atoms with van der Waals surface area (Å²) in [6.45, 7) is 9.63. The minimum Gasteiger partial charge on any atom is -0.439 e. The van der Waals surface area contributed by atoms with Crippen molar-refractivity contribution in [2.45, 2.75) is 32.5 Å². The Labute approximate surface area is 190 Å². The molecule has 0 bridgehead atoms. The molecule has 3 rings (SSSR count). The van der Waals surface area contributed by atoms with E-state index in [1.807, 2.05) is 55.6 Å². The first-order valence-corrected chi connectivity index (χ1v) is 10.9. The van der Waals surface area contributed by atoms with Crippen molar-refractivity contribution >= 4 is 0 Å². The van der Waals surface area contributed by atoms with Crippen LogP contribution in [0.5, 0.6) is 11.6 Å². The van der Waals surface area contributed by atoms with Crippen LogP contribution in [-0.2, 0) is 18.3 Å². The van der Waals surface area contributed by atoms with E-state index in [0.29, 0.717) is 25.6 Å². The highest BCUT2D eigenvalue weighted by Gasteiger charge is 2.24. The van der Waals surface area contributed by atoms with Crippen molar-refractivity contribution in [2.24, 2.45) is 7.05 Å². The maximum atomic E-state index is 10.5. The lowest BCUT2D eigenvalue weighted by Gasteiger charge is -2.29. The number of benzene rings is 2. The van der Waals surface area contributed by atoms with Gasteiger partial charge in [-0.25, -0.2) is 4.68 Å². The third-order valence-corrected chi connectivity index (χ3v) is 5.18. The van der Waals surface area contributed by atoms with E-state index in [-0.39, 0.29) is 12.6 Å². The van der Waals surface area contributed by atoms with Crippen molar-refractivity contribution in [3.05, 3.63) is 78.9 Å². The summed E-state index contributed by atoms with van der Waals surface area (Å²) in [5.41, 5.74) is 2.89. The highest BCUT2D eigenvalue weighted by atomic mass is 16.5. The second-order valence-corrected chi connectivity index (χ2v) is 8.04. The minimum absolute atomic E-state index is 0.206. The van der Waals surface area contributed by atoms with Crippen LogP contribution < -0.4 is 4.74 Å². The van der Waals surface area contributed by atoms with Gasteiger partial charge in [0.1, 0.15) is 11.4 Å². The summed E-state index contributed by atoms with van der Waals surface area (Å²) in [6.07, 6.45) is 1.08. The zero-order chi connectivity index (χ0) is 22.9. The molecule has 6 heteroatoms. The van der Waals surface area contributed by atoms with Crippen LogP contribution in [0.25, 0.3) is 11.3 Å². The lowest BCUT2D eigenvalue weighted by Crippen LogP contribution is -2.39. The maximum Gasteiger partial charge on any atom is 0.222 e. The number of ether oxygens (including phenoxy) is 2. The summed E-state index contributed by atoms with van der Waals surface area (Å²) in [6, 6.07) is 20.0. The molecule has 0 aliphatic rings. The van der Waals surface area contributed by atoms with Gasteiger partial charge < -0.3 is 14.6 Å². The molecule has 1 unspecified atom stereocenters. The Morgan fingerprint density at radius 1 is 1.09 bits per heavy atom. The van der Waals surface area contributed by atoms with Gasteiger partial charge in [-0.05, 0) is 26.0 Å². The van der Waals surface area contributed by atoms with Gasteiger partial charge in [-0.1, -0.05) is 54.6 Å². The monoisotopic (exact) mass is 435 g/mol. The van der Waals surface area contributed by atoms with Crippen LogP contribution in [0.15, 0.2) is 73.3 Å². The first-order valence-electron chi connectivity index (χ1n) is 10.9. The van der Waals surface area contributed by atoms with Gasteiger partial charge in [-0.3, -0.25) is 4.90 Å². The van der Waals surface area contributed by atoms with Crippen molar-refractivity contribution in [1.82, 2.24) is 14.7 Å². The highest BCUT2D eigenvalue weighted by Crippen LogP contribution is 2.34. The number of hydrogen-bond acceptors (Lipinski definition) is 5. The molecule has 0 saturated heterocycles. The van der Waals surface area contributed by atoms with Gasteiger partial charge >= 0.3 is 0 Å². The van der Waals surface area contributed by atoms with Gasteiger partial charge in [0.05, 0.1) is 24.9 Å². The third kappa shape index (κ3) is 6.29. The number of aliphatic hydroxyl groups is 1. The van der Waals surface area contributed by atoms with Crippen LogP contribution in [-0.4, -0.2) is 51.7 Å². The summed E-state index contributed by atoms with van der Waals surface area (Å²) >= 11 is 0. The standard InChI is InChI=1S/C26H33N3O3/c1-5-16-31-19-22(30)17-29(20(2)3)18-24-25(21-12-8-6-9-13-21)27-28(4)26(24)32-23-14-10-7-11-15-23/h5-15,20,22,30H,1,16-19H2,2-4H3. The fraction of sp³-hybridized carbons (Fsp3) is 0.346. The molecular formula is C26H33N3O3. The Morgan fingerprint density at radius 2 is 1.75 bits per heavy atom. The van der Waals surface area contributed by atoms with E-state index < -0.39 is 6.10 Å². The van der Waals surface area contributed by atoms with Crippen LogP contribution >= 0.6 is 0 Å². The summed E-state index contributed by atoms with van der Waals surface area (Å²) in [5, 5.41) is 15.3. The lowest BCUT2D eigenvalue weighted by atomic mass is 10.1. The van der Waals surface area contributed by atoms with E-state index in [9.17, 15) is 5.11 Å². The molecular weight excluding hydrogens is 402 g/mol. The molecule has 1 aromatic heterocycles. The van der Waals surface area contributed by atoms with Crippen LogP contribution in [0.1, 0.15) is 19.4 Å². The molecule has 1 atom stereocenters. The van der Waals surface area contributed by atoms with E-state index in [0.717, 1.165) is 22.6 Å². The number of rotatable bonds is 12. The smallest absolute Gasteiger partial charge is 0.222 e. The first kappa shape index (κ1) is 23.7. The van der Waals surface area contributed by atoms with E-state index in [2.05, 4.69) is 37.5 Å². The normalized spacial score (nSPS) is 12.3. The van der Waals surface area contributed by atoms with Crippen molar-refractivity contribution in [3.63, 3.8) is 0 Å². The molecule has 0 aliphatic heterocycles. The SMILES string of the molecule is C=CCOCC(O)CN(Cc1c(-c2ccccc2)nn(C)c1Oc1ccccc1)C(C)C. The van der Waals surface area contributed by atoms with Crippen LogP contribution in [0, 0.1) is 0 Å². The molecule has 1 heterocycles. The maximum absolute atomic E-state index is 10.5. The Bertz CT molecular complexity index is 971. The third-order valence-electron chi connectivity index (χ3n) is 5.18. The molecule has 0 amide bonds. The Morgan fingerprint density at radius 3 is 2.38 bits per heavy atom. The van der Waals surface area contributed by atoms with Gasteiger partial charge in [0.25, 0.3) is 0 Å². The van der Waals surface area contributed by atoms with Gasteiger partial charge in [-0.2, -0.15) is 5.10 Å². The number of para-hydroxylation sites is 1. The van der Waals surface area contributed by atoms with E-state index >= 15 is 0 Å². The van der Waals surface area contributed by atoms with E-state index in [1.165, 1.54) is 0 Å². The number of aromatic nitrogens is 2. The Kier molecular flexibility index (Phi) is 8.62. The van der Waals surface area contributed by atoms with Crippen molar-refractivity contribution < 1.29 is 14.6 Å². The number of aryl methyl sites for hydroxylation is 1. The van der Waals surface area contributed by atoms with Gasteiger partial charge in [0.15, 0.2) is 0 Å². The molecule has 32 heavy (non-hydrogen) atoms. The van der Waals surface area contributed by atoms with Crippen molar-refractivity contribution in [2.75, 3.05) is 19.8 Å². The van der Waals surface area contributed by atoms with E-state index in [4.69, 9.17) is 14.6 Å². The lowest BCUT2D eigenvalue weighted by molar-refractivity contribution is 0.0177. The minimum atomic E-state index is -0.604. The molecule has 170 valence electrons. The van der Waals surface area contributed by atoms with Crippen LogP contribution in [0.3, 0.4) is 0 Å². The first-order chi connectivity index (χ1) is 15.5. The molecule has 0 spiro atoms. The van der Waals surface area contributed by atoms with Crippen molar-refractivity contribution in [1.29, 1.82) is 0 Å². The molecule has 0 fully saturated rings. The van der Waals surface area contributed by atoms with Gasteiger partial charge in [0.2, 0.25) is 5.88 Å². The quantitative estimate of drug-likeness (QED) is 0.331. The summed E-state index contributed by atoms with van der Waals surface area (Å²) in [7, 11) is 1.89. The van der Waals surface area contributed by atoms with Gasteiger partial charge in [0, 0.05) is 31.7 Å². The highest BCUT2D eigenvalue weighted by molar-refractivity contribution is 5.65. The topological polar surface area (TPSA) is 59.8 Å². The van der Waals surface area contributed by atoms with Crippen LogP contribution in [0.2, 0.25) is 0 Å². The second-order valence-electron chi connectivity index (χ2n) is 8.04. The summed E-state index contributed by atoms with van der Waals surface area (Å²) < 4.78 is 13.5. The second kappa shape index (κ2) is 11.6. The fourth-order valence-electron chi connectivity index (χ4n) is 3.52. The Balaban J connectivity index is 1.93. The average molecular weight is 436 g/mol. The van der Waals surface area contributed by atoms with Crippen molar-refractivity contribution in [3.8, 4) is 22.9 Å². The summed E-state index contributed by atoms with van der Waals surface area (Å²) in [4.78, 5) is 2.21. The zero-order valence-electron chi connectivity index (χ0n) is 19.1. The number of hydrogen-bond donors (Lipinski definition) is 1. The van der Waals surface area contributed by atoms with E-state index in [1.54, 1.807) is 10.8 Å². The summed E-state index contributed by atoms with van der Waals surface area (Å²) in [5.74, 6) is 1.45. The molecule has 0 radical (unpaired) electrons. The largest absolute Gasteiger partial charge is 0.439 e. The zero-order valence-corrected chi connectivity index (χ0v) is 19.1. The molecule has 6 nitrogen and oxygen atoms in total. The van der Waals surface area contributed by atoms with Crippen LogP contribution in [0.4, 0.5) is 0 Å². The predicted molar refractivity (Wildman–Crippen MR) is 128 cm³/mol. The molecule has 1 N–H and O–H groups in total. The number of aliphatic hydroxyl groups excluding tert-OH is 1. The molecule has 0 aliphatic carbocycles. The number of nitrogens with zero attached hydrogens (tertiary/aromatic N) is 3. The average Bonchev–Trinajstić information content (AvgIpc) is 3.10. The van der Waals surface area contributed by atoms with Gasteiger partial charge in [-0.15, -0.1) is 6.58 Å². The molecule has 0 saturated carbocycles. The Hall–Kier alpha value is -2.93.